The smallest absolute Gasteiger partial charge is 0.00735 e. The molecule has 0 saturated heterocycles. The van der Waals surface area contributed by atoms with E-state index in [0.29, 0.717) is 0 Å². The van der Waals surface area contributed by atoms with Gasteiger partial charge in [-0.05, 0) is 20.8 Å². The molecular weight excluding hydrogens is 98.1 g/mol. The van der Waals surface area contributed by atoms with Gasteiger partial charge in [0.1, 0.15) is 0 Å². The third-order valence-corrected chi connectivity index (χ3v) is 0.844. The molecule has 0 bridgehead atoms. The minimum atomic E-state index is 0.987. The van der Waals surface area contributed by atoms with E-state index in [-0.39, 0.29) is 0 Å². The van der Waals surface area contributed by atoms with Crippen LogP contribution in [0.5, 0.6) is 0 Å². The lowest BCUT2D eigenvalue weighted by atomic mass is 10.4. The second kappa shape index (κ2) is 3.30. The summed E-state index contributed by atoms with van der Waals surface area (Å²) in [5.41, 5.74) is 2.14. The standard InChI is InChI=1S/C7H13N/c1-5-7(4)8-6(2)3/h5,8H,2H2,1,3-4H3/b7-5-. The van der Waals surface area contributed by atoms with E-state index in [2.05, 4.69) is 11.9 Å². The van der Waals surface area contributed by atoms with E-state index in [4.69, 9.17) is 0 Å². The topological polar surface area (TPSA) is 12.0 Å². The van der Waals surface area contributed by atoms with Crippen LogP contribution in [0.3, 0.4) is 0 Å². The summed E-state index contributed by atoms with van der Waals surface area (Å²) in [5.74, 6) is 0. The first-order valence-corrected chi connectivity index (χ1v) is 2.72. The van der Waals surface area contributed by atoms with E-state index in [1.54, 1.807) is 0 Å². The van der Waals surface area contributed by atoms with Crippen LogP contribution in [-0.4, -0.2) is 0 Å². The first-order valence-electron chi connectivity index (χ1n) is 2.72. The van der Waals surface area contributed by atoms with Crippen molar-refractivity contribution in [2.75, 3.05) is 0 Å². The van der Waals surface area contributed by atoms with E-state index in [1.807, 2.05) is 26.8 Å². The van der Waals surface area contributed by atoms with Gasteiger partial charge in [-0.25, -0.2) is 0 Å². The Morgan fingerprint density at radius 3 is 2.12 bits per heavy atom. The lowest BCUT2D eigenvalue weighted by Crippen LogP contribution is -2.05. The number of allylic oxidation sites excluding steroid dienone is 3. The third-order valence-electron chi connectivity index (χ3n) is 0.844. The predicted octanol–water partition coefficient (Wildman–Crippen LogP) is 2.03. The van der Waals surface area contributed by atoms with Gasteiger partial charge in [-0.2, -0.15) is 0 Å². The van der Waals surface area contributed by atoms with E-state index in [0.717, 1.165) is 11.4 Å². The molecule has 0 radical (unpaired) electrons. The van der Waals surface area contributed by atoms with Gasteiger partial charge in [0.2, 0.25) is 0 Å². The van der Waals surface area contributed by atoms with Crippen molar-refractivity contribution in [3.8, 4) is 0 Å². The maximum atomic E-state index is 3.69. The summed E-state index contributed by atoms with van der Waals surface area (Å²) >= 11 is 0. The Bertz CT molecular complexity index is 112. The van der Waals surface area contributed by atoms with Crippen molar-refractivity contribution >= 4 is 0 Å². The molecule has 0 aliphatic rings. The number of nitrogens with one attached hydrogen (secondary N) is 1. The second-order valence-corrected chi connectivity index (χ2v) is 1.88. The molecule has 0 saturated carbocycles. The third kappa shape index (κ3) is 3.47. The van der Waals surface area contributed by atoms with Gasteiger partial charge in [-0.1, -0.05) is 12.7 Å². The van der Waals surface area contributed by atoms with Gasteiger partial charge in [-0.3, -0.25) is 0 Å². The summed E-state index contributed by atoms with van der Waals surface area (Å²) in [7, 11) is 0. The molecule has 0 unspecified atom stereocenters. The van der Waals surface area contributed by atoms with Crippen molar-refractivity contribution in [3.05, 3.63) is 24.0 Å². The van der Waals surface area contributed by atoms with Crippen LogP contribution < -0.4 is 5.32 Å². The maximum Gasteiger partial charge on any atom is 0.00735 e. The number of hydrogen-bond donors (Lipinski definition) is 1. The zero-order chi connectivity index (χ0) is 6.57. The monoisotopic (exact) mass is 111 g/mol. The minimum absolute atomic E-state index is 0.987. The molecule has 0 atom stereocenters. The van der Waals surface area contributed by atoms with Crippen molar-refractivity contribution in [2.24, 2.45) is 0 Å². The Labute approximate surface area is 51.1 Å². The molecule has 0 rings (SSSR count). The molecule has 0 spiro atoms. The van der Waals surface area contributed by atoms with Crippen LogP contribution in [0, 0.1) is 0 Å². The first kappa shape index (κ1) is 7.28. The Kier molecular flexibility index (Phi) is 3.01. The van der Waals surface area contributed by atoms with Gasteiger partial charge >= 0.3 is 0 Å². The van der Waals surface area contributed by atoms with Crippen LogP contribution in [0.1, 0.15) is 20.8 Å². The summed E-state index contributed by atoms with van der Waals surface area (Å²) in [6, 6.07) is 0. The summed E-state index contributed by atoms with van der Waals surface area (Å²) < 4.78 is 0. The summed E-state index contributed by atoms with van der Waals surface area (Å²) in [4.78, 5) is 0. The van der Waals surface area contributed by atoms with Gasteiger partial charge in [0, 0.05) is 11.4 Å². The zero-order valence-electron chi connectivity index (χ0n) is 5.78. The van der Waals surface area contributed by atoms with Gasteiger partial charge < -0.3 is 5.32 Å². The van der Waals surface area contributed by atoms with Crippen LogP contribution in [0.25, 0.3) is 0 Å². The van der Waals surface area contributed by atoms with Gasteiger partial charge in [-0.15, -0.1) is 0 Å². The predicted molar refractivity (Wildman–Crippen MR) is 37.4 cm³/mol. The fourth-order valence-corrected chi connectivity index (χ4v) is 0.409. The molecule has 0 aromatic heterocycles. The lowest BCUT2D eigenvalue weighted by molar-refractivity contribution is 0.970. The summed E-state index contributed by atoms with van der Waals surface area (Å²) in [6.07, 6.45) is 2.01. The largest absolute Gasteiger partial charge is 0.364 e. The van der Waals surface area contributed by atoms with E-state index in [9.17, 15) is 0 Å². The average molecular weight is 111 g/mol. The highest BCUT2D eigenvalue weighted by Gasteiger charge is 1.81. The van der Waals surface area contributed by atoms with Gasteiger partial charge in [0.25, 0.3) is 0 Å². The second-order valence-electron chi connectivity index (χ2n) is 1.88. The van der Waals surface area contributed by atoms with Crippen LogP contribution in [0.4, 0.5) is 0 Å². The van der Waals surface area contributed by atoms with Crippen molar-refractivity contribution in [1.82, 2.24) is 5.32 Å². The molecule has 1 heteroatoms. The van der Waals surface area contributed by atoms with E-state index in [1.165, 1.54) is 0 Å². The van der Waals surface area contributed by atoms with Crippen LogP contribution in [-0.2, 0) is 0 Å². The number of hydrogen-bond acceptors (Lipinski definition) is 1. The molecule has 0 aromatic rings. The van der Waals surface area contributed by atoms with Crippen LogP contribution in [0.15, 0.2) is 24.0 Å². The summed E-state index contributed by atoms with van der Waals surface area (Å²) in [6.45, 7) is 9.63. The average Bonchev–Trinajstić information content (AvgIpc) is 1.65. The molecule has 0 aliphatic heterocycles. The number of rotatable bonds is 2. The molecule has 1 nitrogen and oxygen atoms in total. The van der Waals surface area contributed by atoms with Crippen molar-refractivity contribution in [2.45, 2.75) is 20.8 Å². The van der Waals surface area contributed by atoms with Crippen molar-refractivity contribution < 1.29 is 0 Å². The zero-order valence-corrected chi connectivity index (χ0v) is 5.78. The Balaban J connectivity index is 3.56. The van der Waals surface area contributed by atoms with Crippen LogP contribution in [0.2, 0.25) is 0 Å². The lowest BCUT2D eigenvalue weighted by Gasteiger charge is -2.01. The Morgan fingerprint density at radius 1 is 1.50 bits per heavy atom. The van der Waals surface area contributed by atoms with Crippen molar-refractivity contribution in [1.29, 1.82) is 0 Å². The minimum Gasteiger partial charge on any atom is -0.364 e. The highest BCUT2D eigenvalue weighted by molar-refractivity contribution is 5.02. The first-order chi connectivity index (χ1) is 3.66. The molecule has 0 heterocycles. The molecule has 46 valence electrons. The summed E-state index contributed by atoms with van der Waals surface area (Å²) in [5, 5.41) is 3.06. The molecule has 1 N–H and O–H groups in total. The Morgan fingerprint density at radius 2 is 2.00 bits per heavy atom. The fraction of sp³-hybridized carbons (Fsp3) is 0.429. The highest BCUT2D eigenvalue weighted by Crippen LogP contribution is 1.88. The molecule has 0 aromatic carbocycles. The molecule has 0 aliphatic carbocycles. The highest BCUT2D eigenvalue weighted by atomic mass is 14.9. The van der Waals surface area contributed by atoms with E-state index < -0.39 is 0 Å². The Hall–Kier alpha value is -0.720. The van der Waals surface area contributed by atoms with Gasteiger partial charge in [0.05, 0.1) is 0 Å². The molecule has 8 heavy (non-hydrogen) atoms. The quantitative estimate of drug-likeness (QED) is 0.575. The van der Waals surface area contributed by atoms with Crippen LogP contribution >= 0.6 is 0 Å². The molecule has 0 amide bonds. The molecule has 0 fully saturated rings. The SMILES string of the molecule is C=C(C)N/C(C)=C\C. The maximum absolute atomic E-state index is 3.69. The van der Waals surface area contributed by atoms with E-state index >= 15 is 0 Å². The van der Waals surface area contributed by atoms with Gasteiger partial charge in [0.15, 0.2) is 0 Å². The van der Waals surface area contributed by atoms with Crippen molar-refractivity contribution in [3.63, 3.8) is 0 Å². The fourth-order valence-electron chi connectivity index (χ4n) is 0.409. The normalized spacial score (nSPS) is 11.1. The molecular formula is C7H13N.